The zero-order valence-electron chi connectivity index (χ0n) is 22.7. The van der Waals surface area contributed by atoms with Crippen LogP contribution in [-0.2, 0) is 13.0 Å². The van der Waals surface area contributed by atoms with Crippen LogP contribution in [0.15, 0.2) is 54.6 Å². The van der Waals surface area contributed by atoms with Crippen LogP contribution in [0.5, 0.6) is 23.0 Å². The fourth-order valence-electron chi connectivity index (χ4n) is 5.63. The van der Waals surface area contributed by atoms with Gasteiger partial charge in [0.1, 0.15) is 28.6 Å². The molecule has 2 heterocycles. The van der Waals surface area contributed by atoms with Crippen molar-refractivity contribution in [1.29, 1.82) is 0 Å². The van der Waals surface area contributed by atoms with Crippen LogP contribution in [0.2, 0.25) is 0 Å². The Hall–Kier alpha value is -3.02. The fourth-order valence-corrected chi connectivity index (χ4v) is 5.63. The van der Waals surface area contributed by atoms with Gasteiger partial charge in [-0.05, 0) is 93.5 Å². The van der Waals surface area contributed by atoms with Gasteiger partial charge in [0, 0.05) is 44.8 Å². The molecule has 0 amide bonds. The first-order valence-electron chi connectivity index (χ1n) is 13.6. The molecule has 1 saturated heterocycles. The first kappa shape index (κ1) is 25.6. The quantitative estimate of drug-likeness (QED) is 0.407. The number of aromatic hydroxyl groups is 1. The molecule has 1 fully saturated rings. The Morgan fingerprint density at radius 3 is 2.32 bits per heavy atom. The number of hydrogen-bond acceptors (Lipinski definition) is 5. The smallest absolute Gasteiger partial charge is 0.127 e. The van der Waals surface area contributed by atoms with Crippen LogP contribution in [0, 0.1) is 20.8 Å². The van der Waals surface area contributed by atoms with Crippen molar-refractivity contribution in [2.24, 2.45) is 0 Å². The Bertz CT molecular complexity index is 1230. The normalized spacial score (nSPS) is 20.3. The van der Waals surface area contributed by atoms with E-state index in [0.29, 0.717) is 5.75 Å². The average molecular weight is 501 g/mol. The van der Waals surface area contributed by atoms with E-state index in [4.69, 9.17) is 9.47 Å². The van der Waals surface area contributed by atoms with Gasteiger partial charge in [-0.3, -0.25) is 4.90 Å². The third-order valence-electron chi connectivity index (χ3n) is 8.30. The molecule has 1 N–H and O–H groups in total. The summed E-state index contributed by atoms with van der Waals surface area (Å²) >= 11 is 0. The van der Waals surface area contributed by atoms with Gasteiger partial charge in [0.25, 0.3) is 0 Å². The second-order valence-electron chi connectivity index (χ2n) is 11.0. The van der Waals surface area contributed by atoms with Crippen molar-refractivity contribution in [1.82, 2.24) is 9.80 Å². The largest absolute Gasteiger partial charge is 0.507 e. The van der Waals surface area contributed by atoms with Gasteiger partial charge in [0.15, 0.2) is 0 Å². The summed E-state index contributed by atoms with van der Waals surface area (Å²) in [5.41, 5.74) is 5.31. The van der Waals surface area contributed by atoms with Crippen LogP contribution in [0.1, 0.15) is 47.6 Å². The van der Waals surface area contributed by atoms with Gasteiger partial charge in [-0.1, -0.05) is 30.3 Å². The molecule has 0 aliphatic carbocycles. The molecule has 0 radical (unpaired) electrons. The van der Waals surface area contributed by atoms with Crippen molar-refractivity contribution in [3.05, 3.63) is 82.4 Å². The number of piperazine rings is 1. The number of ether oxygens (including phenoxy) is 2. The van der Waals surface area contributed by atoms with E-state index in [9.17, 15) is 5.11 Å². The zero-order chi connectivity index (χ0) is 26.0. The van der Waals surface area contributed by atoms with E-state index < -0.39 is 0 Å². The molecule has 5 heteroatoms. The number of nitrogens with zero attached hydrogens (tertiary/aromatic N) is 2. The lowest BCUT2D eigenvalue weighted by Gasteiger charge is -2.40. The summed E-state index contributed by atoms with van der Waals surface area (Å²) in [5, 5.41) is 10.5. The fraction of sp³-hybridized carbons (Fsp3) is 0.438. The molecule has 3 aromatic rings. The molecule has 5 rings (SSSR count). The van der Waals surface area contributed by atoms with Gasteiger partial charge < -0.3 is 19.5 Å². The molecule has 1 atom stereocenters. The summed E-state index contributed by atoms with van der Waals surface area (Å²) in [7, 11) is 0. The van der Waals surface area contributed by atoms with Crippen LogP contribution < -0.4 is 9.47 Å². The standard InChI is InChI=1S/C32H40N2O3/c1-23-24(2)31-29(25(3)30(23)35)13-14-32(4,37-31)15-16-33-17-19-34(20-18-33)22-26-9-8-12-28(21-26)36-27-10-6-5-7-11-27/h5-12,21,35H,13-20,22H2,1-4H3. The Balaban J connectivity index is 1.12. The number of fused-ring (bicyclic) bond motifs is 1. The Labute approximate surface area is 221 Å². The van der Waals surface area contributed by atoms with Crippen LogP contribution >= 0.6 is 0 Å². The minimum absolute atomic E-state index is 0.163. The summed E-state index contributed by atoms with van der Waals surface area (Å²) < 4.78 is 12.7. The molecule has 37 heavy (non-hydrogen) atoms. The third-order valence-corrected chi connectivity index (χ3v) is 8.30. The molecule has 0 bridgehead atoms. The summed E-state index contributed by atoms with van der Waals surface area (Å²) in [4.78, 5) is 5.12. The molecule has 0 saturated carbocycles. The molecule has 196 valence electrons. The Morgan fingerprint density at radius 2 is 1.57 bits per heavy atom. The topological polar surface area (TPSA) is 45.2 Å². The second-order valence-corrected chi connectivity index (χ2v) is 11.0. The van der Waals surface area contributed by atoms with Crippen molar-refractivity contribution in [3.8, 4) is 23.0 Å². The summed E-state index contributed by atoms with van der Waals surface area (Å²) in [6.45, 7) is 14.6. The van der Waals surface area contributed by atoms with E-state index in [1.54, 1.807) is 0 Å². The number of phenols is 1. The van der Waals surface area contributed by atoms with Crippen LogP contribution in [0.3, 0.4) is 0 Å². The van der Waals surface area contributed by atoms with Gasteiger partial charge in [-0.2, -0.15) is 0 Å². The molecule has 0 spiro atoms. The van der Waals surface area contributed by atoms with Crippen molar-refractivity contribution in [3.63, 3.8) is 0 Å². The van der Waals surface area contributed by atoms with Crippen molar-refractivity contribution in [2.45, 2.75) is 59.1 Å². The van der Waals surface area contributed by atoms with E-state index in [-0.39, 0.29) is 5.60 Å². The van der Waals surface area contributed by atoms with Crippen molar-refractivity contribution < 1.29 is 14.6 Å². The van der Waals surface area contributed by atoms with Crippen molar-refractivity contribution in [2.75, 3.05) is 32.7 Å². The van der Waals surface area contributed by atoms with E-state index in [1.807, 2.05) is 50.2 Å². The Kier molecular flexibility index (Phi) is 7.45. The van der Waals surface area contributed by atoms with Crippen LogP contribution in [-0.4, -0.2) is 53.2 Å². The van der Waals surface area contributed by atoms with Gasteiger partial charge >= 0.3 is 0 Å². The molecule has 5 nitrogen and oxygen atoms in total. The highest BCUT2D eigenvalue weighted by Crippen LogP contribution is 2.44. The van der Waals surface area contributed by atoms with Gasteiger partial charge in [0.05, 0.1) is 0 Å². The predicted molar refractivity (Wildman–Crippen MR) is 149 cm³/mol. The molecular weight excluding hydrogens is 460 g/mol. The number of para-hydroxylation sites is 1. The molecule has 1 unspecified atom stereocenters. The molecule has 3 aromatic carbocycles. The molecule has 2 aliphatic heterocycles. The highest BCUT2D eigenvalue weighted by Gasteiger charge is 2.35. The average Bonchev–Trinajstić information content (AvgIpc) is 2.91. The third kappa shape index (κ3) is 5.78. The molecule has 0 aromatic heterocycles. The summed E-state index contributed by atoms with van der Waals surface area (Å²) in [6.07, 6.45) is 2.97. The van der Waals surface area contributed by atoms with E-state index in [0.717, 1.165) is 92.5 Å². The minimum atomic E-state index is -0.163. The predicted octanol–water partition coefficient (Wildman–Crippen LogP) is 6.40. The number of phenolic OH excluding ortho intramolecular Hbond substituents is 1. The summed E-state index contributed by atoms with van der Waals surface area (Å²) in [6, 6.07) is 18.4. The second kappa shape index (κ2) is 10.8. The first-order chi connectivity index (χ1) is 17.8. The number of benzene rings is 3. The lowest BCUT2D eigenvalue weighted by molar-refractivity contribution is 0.0351. The highest BCUT2D eigenvalue weighted by molar-refractivity contribution is 5.58. The molecule has 2 aliphatic rings. The van der Waals surface area contributed by atoms with Gasteiger partial charge in [-0.15, -0.1) is 0 Å². The maximum atomic E-state index is 10.5. The van der Waals surface area contributed by atoms with Crippen LogP contribution in [0.4, 0.5) is 0 Å². The van der Waals surface area contributed by atoms with E-state index >= 15 is 0 Å². The Morgan fingerprint density at radius 1 is 0.865 bits per heavy atom. The van der Waals surface area contributed by atoms with Gasteiger partial charge in [0.2, 0.25) is 0 Å². The van der Waals surface area contributed by atoms with Crippen LogP contribution in [0.25, 0.3) is 0 Å². The number of hydrogen-bond donors (Lipinski definition) is 1. The highest BCUT2D eigenvalue weighted by atomic mass is 16.5. The van der Waals surface area contributed by atoms with E-state index in [1.165, 1.54) is 11.1 Å². The zero-order valence-corrected chi connectivity index (χ0v) is 22.7. The van der Waals surface area contributed by atoms with Gasteiger partial charge in [-0.25, -0.2) is 0 Å². The summed E-state index contributed by atoms with van der Waals surface area (Å²) in [5.74, 6) is 3.19. The lowest BCUT2D eigenvalue weighted by atomic mass is 9.85. The lowest BCUT2D eigenvalue weighted by Crippen LogP contribution is -2.48. The maximum absolute atomic E-state index is 10.5. The van der Waals surface area contributed by atoms with Crippen molar-refractivity contribution >= 4 is 0 Å². The van der Waals surface area contributed by atoms with E-state index in [2.05, 4.69) is 41.8 Å². The molecular formula is C32H40N2O3. The first-order valence-corrected chi connectivity index (χ1v) is 13.6. The minimum Gasteiger partial charge on any atom is -0.507 e. The maximum Gasteiger partial charge on any atom is 0.127 e. The SMILES string of the molecule is Cc1c(C)c2c(c(C)c1O)CCC(C)(CCN1CCN(Cc3cccc(Oc4ccccc4)c3)CC1)O2. The monoisotopic (exact) mass is 500 g/mol. The number of rotatable bonds is 7.